The summed E-state index contributed by atoms with van der Waals surface area (Å²) < 4.78 is 59.0. The molecule has 0 atom stereocenters. The summed E-state index contributed by atoms with van der Waals surface area (Å²) in [6, 6.07) is 6.80. The first-order valence-electron chi connectivity index (χ1n) is 8.75. The molecule has 1 aromatic heterocycles. The fraction of sp³-hybridized carbons (Fsp3) is 0.143. The molecule has 2 aromatic carbocycles. The SMILES string of the molecule is CCOC(=O)c1c(NC(=O)c2ccc(F)c(F)c2F)sc(C)c1-c1ccc(F)cc1. The number of thiophene rings is 1. The van der Waals surface area contributed by atoms with Crippen LogP contribution in [0.5, 0.6) is 0 Å². The van der Waals surface area contributed by atoms with Gasteiger partial charge in [-0.05, 0) is 43.7 Å². The first kappa shape index (κ1) is 21.5. The van der Waals surface area contributed by atoms with Crippen LogP contribution in [0.4, 0.5) is 22.6 Å². The van der Waals surface area contributed by atoms with Gasteiger partial charge in [0.2, 0.25) is 0 Å². The quantitative estimate of drug-likeness (QED) is 0.316. The summed E-state index contributed by atoms with van der Waals surface area (Å²) in [5, 5.41) is 2.41. The number of esters is 1. The molecular weight excluding hydrogens is 422 g/mol. The molecule has 0 aliphatic heterocycles. The number of hydrogen-bond donors (Lipinski definition) is 1. The Balaban J connectivity index is 2.07. The molecule has 0 unspecified atom stereocenters. The Morgan fingerprint density at radius 2 is 1.67 bits per heavy atom. The van der Waals surface area contributed by atoms with Gasteiger partial charge in [0.05, 0.1) is 12.2 Å². The average molecular weight is 437 g/mol. The van der Waals surface area contributed by atoms with Crippen molar-refractivity contribution in [2.24, 2.45) is 0 Å². The van der Waals surface area contributed by atoms with Crippen LogP contribution in [0.2, 0.25) is 0 Å². The second-order valence-electron chi connectivity index (χ2n) is 6.14. The number of nitrogens with one attached hydrogen (secondary N) is 1. The van der Waals surface area contributed by atoms with E-state index in [2.05, 4.69) is 5.32 Å². The Morgan fingerprint density at radius 1 is 1.00 bits per heavy atom. The molecule has 30 heavy (non-hydrogen) atoms. The molecule has 0 bridgehead atoms. The minimum absolute atomic E-state index is 0.00213. The Labute approximate surface area is 173 Å². The number of rotatable bonds is 5. The van der Waals surface area contributed by atoms with Crippen LogP contribution in [0.25, 0.3) is 11.1 Å². The molecule has 156 valence electrons. The van der Waals surface area contributed by atoms with E-state index in [1.165, 1.54) is 24.3 Å². The normalized spacial score (nSPS) is 10.7. The summed E-state index contributed by atoms with van der Waals surface area (Å²) in [6.07, 6.45) is 0. The van der Waals surface area contributed by atoms with E-state index in [0.717, 1.165) is 17.4 Å². The summed E-state index contributed by atoms with van der Waals surface area (Å²) in [4.78, 5) is 25.7. The van der Waals surface area contributed by atoms with Crippen LogP contribution >= 0.6 is 11.3 Å². The molecule has 0 radical (unpaired) electrons. The lowest BCUT2D eigenvalue weighted by atomic mass is 10.0. The molecule has 1 amide bonds. The summed E-state index contributed by atoms with van der Waals surface area (Å²) in [5.74, 6) is -7.13. The summed E-state index contributed by atoms with van der Waals surface area (Å²) >= 11 is 1.01. The maximum atomic E-state index is 14.0. The Hall–Kier alpha value is -3.20. The van der Waals surface area contributed by atoms with Crippen LogP contribution in [-0.4, -0.2) is 18.5 Å². The zero-order chi connectivity index (χ0) is 22.0. The Kier molecular flexibility index (Phi) is 6.21. The van der Waals surface area contributed by atoms with Gasteiger partial charge in [0.1, 0.15) is 16.4 Å². The zero-order valence-electron chi connectivity index (χ0n) is 15.8. The van der Waals surface area contributed by atoms with Gasteiger partial charge in [-0.15, -0.1) is 11.3 Å². The number of benzene rings is 2. The standard InChI is InChI=1S/C21H15F4NO3S/c1-3-29-21(28)16-15(11-4-6-12(22)7-5-11)10(2)30-20(16)26-19(27)13-8-9-14(23)18(25)17(13)24/h4-9H,3H2,1-2H3,(H,26,27). The van der Waals surface area contributed by atoms with Crippen molar-refractivity contribution in [1.82, 2.24) is 0 Å². The molecular formula is C21H15F4NO3S. The van der Waals surface area contributed by atoms with Crippen molar-refractivity contribution in [3.8, 4) is 11.1 Å². The van der Waals surface area contributed by atoms with Crippen molar-refractivity contribution in [2.75, 3.05) is 11.9 Å². The fourth-order valence-electron chi connectivity index (χ4n) is 2.87. The molecule has 3 rings (SSSR count). The van der Waals surface area contributed by atoms with Crippen LogP contribution < -0.4 is 5.32 Å². The minimum Gasteiger partial charge on any atom is -0.462 e. The third-order valence-corrected chi connectivity index (χ3v) is 5.22. The number of hydrogen-bond acceptors (Lipinski definition) is 4. The third-order valence-electron chi connectivity index (χ3n) is 4.20. The number of anilines is 1. The van der Waals surface area contributed by atoms with E-state index in [9.17, 15) is 27.2 Å². The van der Waals surface area contributed by atoms with Gasteiger partial charge in [0, 0.05) is 10.4 Å². The predicted molar refractivity (Wildman–Crippen MR) is 105 cm³/mol. The van der Waals surface area contributed by atoms with Gasteiger partial charge >= 0.3 is 5.97 Å². The van der Waals surface area contributed by atoms with Gasteiger partial charge in [0.25, 0.3) is 5.91 Å². The molecule has 1 N–H and O–H groups in total. The lowest BCUT2D eigenvalue weighted by molar-refractivity contribution is 0.0529. The predicted octanol–water partition coefficient (Wildman–Crippen LogP) is 5.71. The number of amides is 1. The molecule has 0 saturated heterocycles. The molecule has 0 aliphatic carbocycles. The number of carbonyl (C=O) groups excluding carboxylic acids is 2. The maximum Gasteiger partial charge on any atom is 0.341 e. The first-order valence-corrected chi connectivity index (χ1v) is 9.57. The van der Waals surface area contributed by atoms with Crippen molar-refractivity contribution in [1.29, 1.82) is 0 Å². The lowest BCUT2D eigenvalue weighted by Gasteiger charge is -2.10. The third kappa shape index (κ3) is 4.06. The van der Waals surface area contributed by atoms with Gasteiger partial charge in [-0.1, -0.05) is 12.1 Å². The topological polar surface area (TPSA) is 55.4 Å². The van der Waals surface area contributed by atoms with E-state index in [4.69, 9.17) is 4.74 Å². The number of ether oxygens (including phenoxy) is 1. The van der Waals surface area contributed by atoms with Crippen LogP contribution in [-0.2, 0) is 4.74 Å². The molecule has 0 spiro atoms. The molecule has 1 heterocycles. The lowest BCUT2D eigenvalue weighted by Crippen LogP contribution is -2.17. The van der Waals surface area contributed by atoms with Crippen LogP contribution in [0, 0.1) is 30.2 Å². The maximum absolute atomic E-state index is 14.0. The van der Waals surface area contributed by atoms with E-state index < -0.39 is 40.7 Å². The second-order valence-corrected chi connectivity index (χ2v) is 7.37. The highest BCUT2D eigenvalue weighted by Crippen LogP contribution is 2.40. The van der Waals surface area contributed by atoms with E-state index in [1.54, 1.807) is 13.8 Å². The number of aryl methyl sites for hydroxylation is 1. The molecule has 3 aromatic rings. The highest BCUT2D eigenvalue weighted by Gasteiger charge is 2.27. The van der Waals surface area contributed by atoms with Crippen molar-refractivity contribution < 1.29 is 31.9 Å². The summed E-state index contributed by atoms with van der Waals surface area (Å²) in [6.45, 7) is 3.34. The van der Waals surface area contributed by atoms with Crippen molar-refractivity contribution in [3.05, 3.63) is 75.7 Å². The monoisotopic (exact) mass is 437 g/mol. The van der Waals surface area contributed by atoms with Crippen molar-refractivity contribution in [2.45, 2.75) is 13.8 Å². The zero-order valence-corrected chi connectivity index (χ0v) is 16.6. The van der Waals surface area contributed by atoms with E-state index >= 15 is 0 Å². The van der Waals surface area contributed by atoms with Crippen LogP contribution in [0.15, 0.2) is 36.4 Å². The summed E-state index contributed by atoms with van der Waals surface area (Å²) in [5.41, 5.74) is 0.201. The van der Waals surface area contributed by atoms with Crippen molar-refractivity contribution >= 4 is 28.2 Å². The van der Waals surface area contributed by atoms with Gasteiger partial charge in [-0.2, -0.15) is 0 Å². The first-order chi connectivity index (χ1) is 14.2. The van der Waals surface area contributed by atoms with E-state index in [-0.39, 0.29) is 17.2 Å². The van der Waals surface area contributed by atoms with Gasteiger partial charge in [-0.3, -0.25) is 4.79 Å². The van der Waals surface area contributed by atoms with Gasteiger partial charge in [-0.25, -0.2) is 22.4 Å². The number of carbonyl (C=O) groups is 2. The minimum atomic E-state index is -1.78. The highest BCUT2D eigenvalue weighted by molar-refractivity contribution is 7.17. The largest absolute Gasteiger partial charge is 0.462 e. The number of halogens is 4. The van der Waals surface area contributed by atoms with Gasteiger partial charge < -0.3 is 10.1 Å². The molecule has 0 aliphatic rings. The second kappa shape index (κ2) is 8.66. The van der Waals surface area contributed by atoms with Crippen LogP contribution in [0.1, 0.15) is 32.5 Å². The fourth-order valence-corrected chi connectivity index (χ4v) is 3.93. The summed E-state index contributed by atoms with van der Waals surface area (Å²) in [7, 11) is 0. The Bertz CT molecular complexity index is 1130. The average Bonchev–Trinajstić information content (AvgIpc) is 3.02. The van der Waals surface area contributed by atoms with Crippen LogP contribution in [0.3, 0.4) is 0 Å². The smallest absolute Gasteiger partial charge is 0.341 e. The van der Waals surface area contributed by atoms with E-state index in [1.807, 2.05) is 0 Å². The van der Waals surface area contributed by atoms with Gasteiger partial charge in [0.15, 0.2) is 17.5 Å². The molecule has 9 heteroatoms. The molecule has 0 saturated carbocycles. The van der Waals surface area contributed by atoms with Crippen molar-refractivity contribution in [3.63, 3.8) is 0 Å². The molecule has 4 nitrogen and oxygen atoms in total. The Morgan fingerprint density at radius 3 is 2.30 bits per heavy atom. The van der Waals surface area contributed by atoms with E-state index in [0.29, 0.717) is 22.1 Å². The molecule has 0 fully saturated rings. The highest BCUT2D eigenvalue weighted by atomic mass is 32.1.